The first-order valence-corrected chi connectivity index (χ1v) is 12.1. The first kappa shape index (κ1) is 30.4. The number of benzene rings is 1. The number of nitrogens with one attached hydrogen (secondary N) is 3. The number of hydrogen-bond donors (Lipinski definition) is 5. The summed E-state index contributed by atoms with van der Waals surface area (Å²) in [5, 5.41) is 17.1. The van der Waals surface area contributed by atoms with Gasteiger partial charge in [0.05, 0.1) is 6.61 Å². The second-order valence-corrected chi connectivity index (χ2v) is 8.90. The fraction of sp³-hybridized carbons (Fsp3) is 0.458. The van der Waals surface area contributed by atoms with Crippen LogP contribution in [0.15, 0.2) is 47.4 Å². The Morgan fingerprint density at radius 3 is 2.50 bits per heavy atom. The van der Waals surface area contributed by atoms with E-state index in [4.69, 9.17) is 19.9 Å². The summed E-state index contributed by atoms with van der Waals surface area (Å²) in [6.45, 7) is 1.76. The van der Waals surface area contributed by atoms with E-state index >= 15 is 0 Å². The molecule has 14 nitrogen and oxygen atoms in total. The van der Waals surface area contributed by atoms with Crippen LogP contribution < -0.4 is 27.4 Å². The van der Waals surface area contributed by atoms with Crippen LogP contribution in [0.1, 0.15) is 25.6 Å². The van der Waals surface area contributed by atoms with Crippen molar-refractivity contribution in [2.45, 2.75) is 56.9 Å². The molecule has 40 heavy (non-hydrogen) atoms. The van der Waals surface area contributed by atoms with Crippen molar-refractivity contribution in [1.82, 2.24) is 25.5 Å². The minimum Gasteiger partial charge on any atom is -0.445 e. The Bertz CT molecular complexity index is 1250. The first-order chi connectivity index (χ1) is 18.9. The van der Waals surface area contributed by atoms with E-state index in [2.05, 4.69) is 20.9 Å². The fourth-order valence-corrected chi connectivity index (χ4v) is 3.57. The van der Waals surface area contributed by atoms with Gasteiger partial charge in [0, 0.05) is 6.20 Å². The van der Waals surface area contributed by atoms with Crippen LogP contribution in [-0.2, 0) is 30.4 Å². The number of alkyl carbamates (subject to hydrolysis) is 1. The standard InChI is InChI=1S/C24H30F2N6O8/c1-13(29-20(35)14(2)30-23(37)39-10-15-6-4-3-5-7-15)19(34)28-12-38-11-16-18(33)24(25,26)21(40-16)32-9-8-17(27)31-22(32)36/h3-9,13-14,16,18,21,33H,10-12H2,1-2H3,(H,28,34)(H,29,35)(H,30,37)(H2,27,31,36)/t13-,14-,16+,18+,21+/m1/s1. The van der Waals surface area contributed by atoms with Gasteiger partial charge in [-0.25, -0.2) is 9.59 Å². The van der Waals surface area contributed by atoms with Crippen LogP contribution in [-0.4, -0.2) is 76.1 Å². The summed E-state index contributed by atoms with van der Waals surface area (Å²) in [5.74, 6) is -5.36. The van der Waals surface area contributed by atoms with Gasteiger partial charge in [0.1, 0.15) is 37.3 Å². The van der Waals surface area contributed by atoms with Gasteiger partial charge in [-0.3, -0.25) is 14.2 Å². The van der Waals surface area contributed by atoms with E-state index in [1.54, 1.807) is 24.3 Å². The minimum absolute atomic E-state index is 0.0121. The molecule has 1 aromatic heterocycles. The average molecular weight is 569 g/mol. The summed E-state index contributed by atoms with van der Waals surface area (Å²) in [4.78, 5) is 51.8. The lowest BCUT2D eigenvalue weighted by Gasteiger charge is -2.20. The molecule has 0 radical (unpaired) electrons. The number of nitrogens with zero attached hydrogens (tertiary/aromatic N) is 2. The zero-order chi connectivity index (χ0) is 29.4. The van der Waals surface area contributed by atoms with Crippen molar-refractivity contribution in [2.24, 2.45) is 0 Å². The van der Waals surface area contributed by atoms with Gasteiger partial charge in [-0.2, -0.15) is 13.8 Å². The van der Waals surface area contributed by atoms with Gasteiger partial charge >= 0.3 is 17.7 Å². The molecule has 1 aromatic carbocycles. The van der Waals surface area contributed by atoms with E-state index in [0.29, 0.717) is 4.57 Å². The summed E-state index contributed by atoms with van der Waals surface area (Å²) in [6, 6.07) is 7.98. The second kappa shape index (κ2) is 13.3. The topological polar surface area (TPSA) is 196 Å². The molecular weight excluding hydrogens is 538 g/mol. The number of ether oxygens (including phenoxy) is 3. The Labute approximate surface area is 226 Å². The number of carbonyl (C=O) groups excluding carboxylic acids is 3. The quantitative estimate of drug-likeness (QED) is 0.176. The zero-order valence-corrected chi connectivity index (χ0v) is 21.6. The van der Waals surface area contributed by atoms with Crippen LogP contribution in [0, 0.1) is 0 Å². The molecule has 218 valence electrons. The van der Waals surface area contributed by atoms with Crippen LogP contribution in [0.2, 0.25) is 0 Å². The van der Waals surface area contributed by atoms with E-state index < -0.39 is 73.4 Å². The smallest absolute Gasteiger partial charge is 0.408 e. The molecule has 2 heterocycles. The number of hydrogen-bond acceptors (Lipinski definition) is 10. The number of halogens is 2. The second-order valence-electron chi connectivity index (χ2n) is 8.90. The van der Waals surface area contributed by atoms with E-state index in [1.807, 2.05) is 6.07 Å². The molecule has 5 atom stereocenters. The normalized spacial score (nSPS) is 21.2. The highest BCUT2D eigenvalue weighted by Gasteiger charge is 2.59. The summed E-state index contributed by atoms with van der Waals surface area (Å²) in [5.41, 5.74) is 5.04. The maximum atomic E-state index is 14.6. The van der Waals surface area contributed by atoms with Crippen LogP contribution >= 0.6 is 0 Å². The molecule has 0 spiro atoms. The summed E-state index contributed by atoms with van der Waals surface area (Å²) in [7, 11) is 0. The summed E-state index contributed by atoms with van der Waals surface area (Å²) < 4.78 is 45.0. The number of anilines is 1. The van der Waals surface area contributed by atoms with Gasteiger partial charge in [-0.15, -0.1) is 0 Å². The molecule has 0 aliphatic carbocycles. The third kappa shape index (κ3) is 7.71. The Balaban J connectivity index is 1.39. The first-order valence-electron chi connectivity index (χ1n) is 12.1. The highest BCUT2D eigenvalue weighted by Crippen LogP contribution is 2.42. The molecule has 6 N–H and O–H groups in total. The number of nitrogen functional groups attached to an aromatic ring is 1. The van der Waals surface area contributed by atoms with Crippen LogP contribution in [0.4, 0.5) is 19.4 Å². The maximum absolute atomic E-state index is 14.6. The largest absolute Gasteiger partial charge is 0.445 e. The molecule has 2 aromatic rings. The SMILES string of the molecule is C[C@@H](NC(=O)OCc1ccccc1)C(=O)N[C@H](C)C(=O)NCOC[C@@H]1O[C@H](n2ccc(N)nc2=O)C(F)(F)[C@H]1O. The average Bonchev–Trinajstić information content (AvgIpc) is 3.13. The highest BCUT2D eigenvalue weighted by atomic mass is 19.3. The molecular formula is C24H30F2N6O8. The van der Waals surface area contributed by atoms with Crippen LogP contribution in [0.3, 0.4) is 0 Å². The summed E-state index contributed by atoms with van der Waals surface area (Å²) in [6.07, 6.45) is -5.85. The lowest BCUT2D eigenvalue weighted by Crippen LogP contribution is -2.52. The molecule has 1 fully saturated rings. The molecule has 16 heteroatoms. The predicted octanol–water partition coefficient (Wildman–Crippen LogP) is -0.371. The van der Waals surface area contributed by atoms with Crippen molar-refractivity contribution in [3.05, 3.63) is 58.6 Å². The van der Waals surface area contributed by atoms with Gasteiger partial charge < -0.3 is 41.0 Å². The van der Waals surface area contributed by atoms with Crippen molar-refractivity contribution in [2.75, 3.05) is 19.1 Å². The van der Waals surface area contributed by atoms with E-state index in [9.17, 15) is 33.1 Å². The van der Waals surface area contributed by atoms with Gasteiger partial charge in [0.25, 0.3) is 0 Å². The van der Waals surface area contributed by atoms with Crippen molar-refractivity contribution >= 4 is 23.7 Å². The lowest BCUT2D eigenvalue weighted by atomic mass is 10.1. The zero-order valence-electron chi connectivity index (χ0n) is 21.6. The van der Waals surface area contributed by atoms with E-state index in [-0.39, 0.29) is 12.4 Å². The molecule has 0 unspecified atom stereocenters. The maximum Gasteiger partial charge on any atom is 0.408 e. The Morgan fingerprint density at radius 2 is 1.82 bits per heavy atom. The number of rotatable bonds is 11. The van der Waals surface area contributed by atoms with Gasteiger partial charge in [0.15, 0.2) is 6.10 Å². The molecule has 3 rings (SSSR count). The Morgan fingerprint density at radius 1 is 1.15 bits per heavy atom. The number of nitrogens with two attached hydrogens (primary N) is 1. The van der Waals surface area contributed by atoms with Gasteiger partial charge in [0.2, 0.25) is 18.0 Å². The molecule has 0 bridgehead atoms. The van der Waals surface area contributed by atoms with Crippen LogP contribution in [0.25, 0.3) is 0 Å². The van der Waals surface area contributed by atoms with Crippen LogP contribution in [0.5, 0.6) is 0 Å². The third-order valence-corrected chi connectivity index (χ3v) is 5.81. The van der Waals surface area contributed by atoms with Crippen molar-refractivity contribution in [1.29, 1.82) is 0 Å². The lowest BCUT2D eigenvalue weighted by molar-refractivity contribution is -0.141. The Hall–Kier alpha value is -4.15. The fourth-order valence-electron chi connectivity index (χ4n) is 3.57. The van der Waals surface area contributed by atoms with Crippen molar-refractivity contribution < 1.29 is 42.5 Å². The molecule has 0 saturated carbocycles. The number of aliphatic hydroxyl groups is 1. The van der Waals surface area contributed by atoms with Gasteiger partial charge in [-0.1, -0.05) is 30.3 Å². The molecule has 1 aliphatic rings. The predicted molar refractivity (Wildman–Crippen MR) is 134 cm³/mol. The highest BCUT2D eigenvalue weighted by molar-refractivity contribution is 5.90. The number of amides is 3. The molecule has 1 aliphatic heterocycles. The monoisotopic (exact) mass is 568 g/mol. The number of carbonyl (C=O) groups is 3. The number of aromatic nitrogens is 2. The number of aliphatic hydroxyl groups excluding tert-OH is 1. The summed E-state index contributed by atoms with van der Waals surface area (Å²) >= 11 is 0. The number of alkyl halides is 2. The molecule has 3 amide bonds. The van der Waals surface area contributed by atoms with E-state index in [0.717, 1.165) is 17.8 Å². The van der Waals surface area contributed by atoms with E-state index in [1.165, 1.54) is 13.8 Å². The Kier molecular flexibility index (Phi) is 10.1. The third-order valence-electron chi connectivity index (χ3n) is 5.81. The molecule has 1 saturated heterocycles. The van der Waals surface area contributed by atoms with Gasteiger partial charge in [-0.05, 0) is 25.5 Å². The minimum atomic E-state index is -3.85. The van der Waals surface area contributed by atoms with Crippen molar-refractivity contribution in [3.8, 4) is 0 Å². The van der Waals surface area contributed by atoms with Crippen molar-refractivity contribution in [3.63, 3.8) is 0 Å².